The van der Waals surface area contributed by atoms with Crippen LogP contribution in [0.15, 0.2) is 0 Å². The number of hydrogen-bond acceptors (Lipinski definition) is 8. The molecule has 0 aliphatic heterocycles. The van der Waals surface area contributed by atoms with E-state index in [1.165, 1.54) is 0 Å². The van der Waals surface area contributed by atoms with Crippen molar-refractivity contribution in [1.29, 1.82) is 0 Å². The monoisotopic (exact) mass is 308 g/mol. The first-order valence-corrected chi connectivity index (χ1v) is 3.05. The van der Waals surface area contributed by atoms with Gasteiger partial charge in [0.1, 0.15) is 0 Å². The zero-order chi connectivity index (χ0) is 11.7. The van der Waals surface area contributed by atoms with Gasteiger partial charge in [-0.2, -0.15) is 0 Å². The van der Waals surface area contributed by atoms with Crippen molar-refractivity contribution >= 4 is 61.6 Å². The standard InChI is InChI=1S/2C3H4O4.Ca.Zn/c2*4-2(5)1-3(6)7;;/h2*1H2,(H,4,5)(H,6,7);;/q;;2*+2/p-4. The summed E-state index contributed by atoms with van der Waals surface area (Å²) in [5.41, 5.74) is 0. The second kappa shape index (κ2) is 14.8. The summed E-state index contributed by atoms with van der Waals surface area (Å²) < 4.78 is 0. The van der Waals surface area contributed by atoms with Gasteiger partial charge in [0.25, 0.3) is 0 Å². The Balaban J connectivity index is -0.0000000800. The molecule has 0 aromatic rings. The molecule has 80 valence electrons. The van der Waals surface area contributed by atoms with Gasteiger partial charge in [0.15, 0.2) is 0 Å². The average molecular weight is 310 g/mol. The summed E-state index contributed by atoms with van der Waals surface area (Å²) >= 11 is 0. The summed E-state index contributed by atoms with van der Waals surface area (Å²) in [6, 6.07) is 0. The number of carbonyl (C=O) groups is 4. The van der Waals surface area contributed by atoms with Crippen LogP contribution >= 0.6 is 0 Å². The average Bonchev–Trinajstić information content (AvgIpc) is 1.79. The Bertz CT molecular complexity index is 203. The fourth-order valence-corrected chi connectivity index (χ4v) is 0.236. The summed E-state index contributed by atoms with van der Waals surface area (Å²) in [4.78, 5) is 37.1. The smallest absolute Gasteiger partial charge is 0.550 e. The van der Waals surface area contributed by atoms with E-state index in [9.17, 15) is 39.6 Å². The molecule has 0 radical (unpaired) electrons. The first-order chi connectivity index (χ1) is 6.25. The van der Waals surface area contributed by atoms with Crippen molar-refractivity contribution in [3.8, 4) is 0 Å². The molecule has 0 aliphatic carbocycles. The molecule has 0 spiro atoms. The van der Waals surface area contributed by atoms with Gasteiger partial charge in [0.2, 0.25) is 0 Å². The van der Waals surface area contributed by atoms with Gasteiger partial charge >= 0.3 is 57.2 Å². The van der Waals surface area contributed by atoms with Crippen LogP contribution in [-0.4, -0.2) is 61.6 Å². The third-order valence-corrected chi connectivity index (χ3v) is 0.577. The van der Waals surface area contributed by atoms with Crippen LogP contribution in [0.5, 0.6) is 0 Å². The van der Waals surface area contributed by atoms with E-state index in [1.807, 2.05) is 0 Å². The van der Waals surface area contributed by atoms with Crippen molar-refractivity contribution in [2.45, 2.75) is 12.8 Å². The largest absolute Gasteiger partial charge is 2.00 e. The second-order valence-corrected chi connectivity index (χ2v) is 1.84. The van der Waals surface area contributed by atoms with Crippen LogP contribution in [0.1, 0.15) is 12.8 Å². The predicted molar refractivity (Wildman–Crippen MR) is 35.0 cm³/mol. The summed E-state index contributed by atoms with van der Waals surface area (Å²) in [5, 5.41) is 37.1. The summed E-state index contributed by atoms with van der Waals surface area (Å²) in [7, 11) is 0. The molecule has 10 heteroatoms. The molecule has 0 unspecified atom stereocenters. The van der Waals surface area contributed by atoms with Crippen molar-refractivity contribution in [1.82, 2.24) is 0 Å². The minimum absolute atomic E-state index is 0. The predicted octanol–water partition coefficient (Wildman–Crippen LogP) is -6.63. The normalized spacial score (nSPS) is 7.00. The summed E-state index contributed by atoms with van der Waals surface area (Å²) in [6.45, 7) is 0. The molecule has 0 heterocycles. The van der Waals surface area contributed by atoms with Crippen LogP contribution in [0.3, 0.4) is 0 Å². The van der Waals surface area contributed by atoms with E-state index in [4.69, 9.17) is 0 Å². The molecule has 0 rings (SSSR count). The molecular weight excluding hydrogens is 306 g/mol. The number of hydrogen-bond donors (Lipinski definition) is 0. The number of carbonyl (C=O) groups excluding carboxylic acids is 4. The third kappa shape index (κ3) is 37.2. The van der Waals surface area contributed by atoms with Gasteiger partial charge in [-0.1, -0.05) is 0 Å². The molecule has 0 amide bonds. The van der Waals surface area contributed by atoms with E-state index in [2.05, 4.69) is 0 Å². The Morgan fingerprint density at radius 2 is 0.750 bits per heavy atom. The maximum Gasteiger partial charge on any atom is 2.00 e. The van der Waals surface area contributed by atoms with Gasteiger partial charge in [-0.15, -0.1) is 0 Å². The quantitative estimate of drug-likeness (QED) is 0.365. The Labute approximate surface area is 132 Å². The molecule has 0 aromatic heterocycles. The van der Waals surface area contributed by atoms with Crippen LogP contribution in [0.2, 0.25) is 0 Å². The van der Waals surface area contributed by atoms with Gasteiger partial charge in [-0.25, -0.2) is 0 Å². The van der Waals surface area contributed by atoms with Gasteiger partial charge in [0, 0.05) is 36.7 Å². The van der Waals surface area contributed by atoms with E-state index in [0.717, 1.165) is 0 Å². The van der Waals surface area contributed by atoms with Gasteiger partial charge in [-0.3, -0.25) is 0 Å². The zero-order valence-corrected chi connectivity index (χ0v) is 13.3. The Hall–Kier alpha value is -0.237. The Kier molecular flexibility index (Phi) is 22.9. The number of rotatable bonds is 4. The van der Waals surface area contributed by atoms with E-state index in [0.29, 0.717) is 0 Å². The maximum atomic E-state index is 9.28. The van der Waals surface area contributed by atoms with E-state index in [1.54, 1.807) is 0 Å². The Morgan fingerprint density at radius 3 is 0.750 bits per heavy atom. The molecule has 0 aliphatic rings. The molecule has 8 nitrogen and oxygen atoms in total. The van der Waals surface area contributed by atoms with Crippen LogP contribution in [0.4, 0.5) is 0 Å². The fraction of sp³-hybridized carbons (Fsp3) is 0.333. The molecule has 0 N–H and O–H groups in total. The zero-order valence-electron chi connectivity index (χ0n) is 8.09. The van der Waals surface area contributed by atoms with Gasteiger partial charge in [0.05, 0.1) is 0 Å². The first-order valence-electron chi connectivity index (χ1n) is 3.05. The molecular formula is C6H4CaO8Zn. The second-order valence-electron chi connectivity index (χ2n) is 1.84. The minimum Gasteiger partial charge on any atom is -0.550 e. The maximum absolute atomic E-state index is 9.28. The number of carboxylic acid groups (broad SMARTS) is 4. The summed E-state index contributed by atoms with van der Waals surface area (Å²) in [6.07, 6.45) is -2.06. The minimum atomic E-state index is -1.63. The third-order valence-electron chi connectivity index (χ3n) is 0.577. The van der Waals surface area contributed by atoms with Crippen LogP contribution in [0, 0.1) is 0 Å². The fourth-order valence-electron chi connectivity index (χ4n) is 0.236. The number of aliphatic carboxylic acids is 4. The molecule has 16 heavy (non-hydrogen) atoms. The molecule has 0 atom stereocenters. The van der Waals surface area contributed by atoms with Crippen LogP contribution in [0.25, 0.3) is 0 Å². The first kappa shape index (κ1) is 24.8. The van der Waals surface area contributed by atoms with Crippen LogP contribution < -0.4 is 20.4 Å². The molecule has 0 saturated carbocycles. The van der Waals surface area contributed by atoms with E-state index >= 15 is 0 Å². The topological polar surface area (TPSA) is 161 Å². The molecule has 0 fully saturated rings. The van der Waals surface area contributed by atoms with Crippen LogP contribution in [-0.2, 0) is 38.7 Å². The van der Waals surface area contributed by atoms with Crippen molar-refractivity contribution in [3.63, 3.8) is 0 Å². The van der Waals surface area contributed by atoms with Crippen molar-refractivity contribution in [2.75, 3.05) is 0 Å². The van der Waals surface area contributed by atoms with Gasteiger partial charge in [-0.05, 0) is 0 Å². The van der Waals surface area contributed by atoms with Crippen molar-refractivity contribution in [3.05, 3.63) is 0 Å². The molecule has 0 saturated heterocycles. The van der Waals surface area contributed by atoms with Crippen molar-refractivity contribution < 1.29 is 59.1 Å². The van der Waals surface area contributed by atoms with Crippen molar-refractivity contribution in [2.24, 2.45) is 0 Å². The SMILES string of the molecule is O=C([O-])CC(=O)[O-].O=C([O-])CC(=O)[O-].[Ca+2].[Zn+2]. The molecule has 0 aromatic carbocycles. The molecule has 0 bridgehead atoms. The Morgan fingerprint density at radius 1 is 0.625 bits per heavy atom. The van der Waals surface area contributed by atoms with E-state index in [-0.39, 0.29) is 57.2 Å². The number of carboxylic acids is 4. The van der Waals surface area contributed by atoms with E-state index < -0.39 is 36.7 Å². The van der Waals surface area contributed by atoms with Gasteiger partial charge < -0.3 is 39.6 Å². The summed E-state index contributed by atoms with van der Waals surface area (Å²) in [5.74, 6) is -6.50.